The van der Waals surface area contributed by atoms with Gasteiger partial charge in [0, 0.05) is 0 Å². The number of carbonyl (C=O) groups excluding carboxylic acids is 1. The number of carbonyl (C=O) groups is 1. The number of amides is 1. The molecule has 0 spiro atoms. The molecule has 4 unspecified atom stereocenters. The summed E-state index contributed by atoms with van der Waals surface area (Å²) in [4.78, 5) is 12.6. The van der Waals surface area contributed by atoms with E-state index >= 15 is 0 Å². The molecule has 1 amide bonds. The number of unbranched alkanes of at least 4 members (excludes halogenated alkanes) is 41. The van der Waals surface area contributed by atoms with Gasteiger partial charge in [0.05, 0.1) is 18.8 Å². The highest BCUT2D eigenvalue weighted by atomic mass is 16.3. The third-order valence-corrected chi connectivity index (χ3v) is 13.9. The first-order valence-electron chi connectivity index (χ1n) is 29.2. The first-order valence-corrected chi connectivity index (χ1v) is 29.2. The molecule has 0 rings (SSSR count). The summed E-state index contributed by atoms with van der Waals surface area (Å²) in [5, 5.41) is 44.0. The summed E-state index contributed by atoms with van der Waals surface area (Å²) in [6.07, 6.45) is 65.4. The Kier molecular flexibility index (Phi) is 52.7. The lowest BCUT2D eigenvalue weighted by atomic mass is 9.99. The zero-order valence-electron chi connectivity index (χ0n) is 43.8. The van der Waals surface area contributed by atoms with E-state index < -0.39 is 36.9 Å². The van der Waals surface area contributed by atoms with Crippen molar-refractivity contribution in [2.45, 2.75) is 340 Å². The normalized spacial score (nSPS) is 13.9. The highest BCUT2D eigenvalue weighted by Gasteiger charge is 2.28. The SMILES string of the molecule is CCCCCCCCCCC/C=C\C/C=C\CCCCCCCCCCCCCCCCCCC(O)C(=O)NC(CO)C(O)C(O)CCCCCCCCCCCCCCCCCCC. The van der Waals surface area contributed by atoms with Crippen molar-refractivity contribution in [3.8, 4) is 0 Å². The summed E-state index contributed by atoms with van der Waals surface area (Å²) in [6, 6.07) is -0.984. The maximum absolute atomic E-state index is 12.6. The Morgan fingerprint density at radius 3 is 0.969 bits per heavy atom. The van der Waals surface area contributed by atoms with Gasteiger partial charge in [0.1, 0.15) is 12.2 Å². The van der Waals surface area contributed by atoms with Crippen molar-refractivity contribution >= 4 is 5.91 Å². The van der Waals surface area contributed by atoms with Gasteiger partial charge in [0.15, 0.2) is 0 Å². The van der Waals surface area contributed by atoms with E-state index in [1.807, 2.05) is 0 Å². The van der Waals surface area contributed by atoms with Gasteiger partial charge in [-0.1, -0.05) is 295 Å². The molecule has 0 bridgehead atoms. The predicted molar refractivity (Wildman–Crippen MR) is 284 cm³/mol. The average molecular weight is 919 g/mol. The molecule has 4 atom stereocenters. The molecule has 0 aliphatic heterocycles. The van der Waals surface area contributed by atoms with Crippen molar-refractivity contribution in [1.29, 1.82) is 0 Å². The quantitative estimate of drug-likeness (QED) is 0.0308. The highest BCUT2D eigenvalue weighted by Crippen LogP contribution is 2.18. The molecule has 0 radical (unpaired) electrons. The van der Waals surface area contributed by atoms with Crippen molar-refractivity contribution in [3.63, 3.8) is 0 Å². The van der Waals surface area contributed by atoms with Crippen LogP contribution in [0.1, 0.15) is 316 Å². The van der Waals surface area contributed by atoms with E-state index in [0.717, 1.165) is 44.9 Å². The summed E-state index contributed by atoms with van der Waals surface area (Å²) in [6.45, 7) is 4.08. The van der Waals surface area contributed by atoms with Crippen LogP contribution in [0.3, 0.4) is 0 Å². The van der Waals surface area contributed by atoms with Crippen molar-refractivity contribution in [3.05, 3.63) is 24.3 Å². The van der Waals surface area contributed by atoms with E-state index in [4.69, 9.17) is 0 Å². The Labute approximate surface area is 405 Å². The van der Waals surface area contributed by atoms with Gasteiger partial charge in [-0.05, 0) is 44.9 Å². The first-order chi connectivity index (χ1) is 32.0. The summed E-state index contributed by atoms with van der Waals surface area (Å²) < 4.78 is 0. The topological polar surface area (TPSA) is 110 Å². The van der Waals surface area contributed by atoms with E-state index in [1.165, 1.54) is 244 Å². The predicted octanol–water partition coefficient (Wildman–Crippen LogP) is 17.0. The van der Waals surface area contributed by atoms with E-state index in [-0.39, 0.29) is 0 Å². The summed E-state index contributed by atoms with van der Waals surface area (Å²) in [5.74, 6) is -0.579. The van der Waals surface area contributed by atoms with Crippen LogP contribution >= 0.6 is 0 Å². The third-order valence-electron chi connectivity index (χ3n) is 13.9. The zero-order valence-corrected chi connectivity index (χ0v) is 43.8. The van der Waals surface area contributed by atoms with Crippen molar-refractivity contribution in [2.75, 3.05) is 6.61 Å². The molecular weight excluding hydrogens is 803 g/mol. The second-order valence-electron chi connectivity index (χ2n) is 20.3. The average Bonchev–Trinajstić information content (AvgIpc) is 3.31. The number of allylic oxidation sites excluding steroid dienone is 4. The Bertz CT molecular complexity index is 986. The van der Waals surface area contributed by atoms with Crippen LogP contribution in [0, 0.1) is 0 Å². The minimum Gasteiger partial charge on any atom is -0.394 e. The molecule has 0 aromatic carbocycles. The van der Waals surface area contributed by atoms with E-state index in [9.17, 15) is 25.2 Å². The number of hydrogen-bond donors (Lipinski definition) is 5. The highest BCUT2D eigenvalue weighted by molar-refractivity contribution is 5.80. The fourth-order valence-electron chi connectivity index (χ4n) is 9.32. The lowest BCUT2D eigenvalue weighted by Crippen LogP contribution is -2.53. The largest absolute Gasteiger partial charge is 0.394 e. The molecule has 6 nitrogen and oxygen atoms in total. The fourth-order valence-corrected chi connectivity index (χ4v) is 9.32. The lowest BCUT2D eigenvalue weighted by molar-refractivity contribution is -0.132. The third kappa shape index (κ3) is 47.6. The van der Waals surface area contributed by atoms with Crippen molar-refractivity contribution in [2.24, 2.45) is 0 Å². The molecular formula is C59H115NO5. The molecule has 0 fully saturated rings. The monoisotopic (exact) mass is 918 g/mol. The van der Waals surface area contributed by atoms with Crippen LogP contribution in [0.4, 0.5) is 0 Å². The molecule has 5 N–H and O–H groups in total. The zero-order chi connectivity index (χ0) is 47.4. The smallest absolute Gasteiger partial charge is 0.249 e. The molecule has 0 saturated carbocycles. The minimum absolute atomic E-state index is 0.372. The van der Waals surface area contributed by atoms with Gasteiger partial charge in [-0.3, -0.25) is 4.79 Å². The van der Waals surface area contributed by atoms with Crippen LogP contribution in [0.5, 0.6) is 0 Å². The number of hydrogen-bond acceptors (Lipinski definition) is 5. The Hall–Kier alpha value is -1.21. The molecule has 386 valence electrons. The molecule has 0 heterocycles. The standard InChI is InChI=1S/C59H115NO5/c1-3-5-7-9-11-13-15-17-19-21-22-23-24-25-26-27-28-29-30-31-32-33-34-35-37-39-41-43-45-47-49-51-53-57(63)59(65)60-55(54-61)58(64)56(62)52-50-48-46-44-42-40-38-36-20-18-16-14-12-10-8-6-4-2/h22-23,25-26,55-58,61-64H,3-21,24,27-54H2,1-2H3,(H,60,65)/b23-22-,26-25-. The Morgan fingerprint density at radius 2 is 0.662 bits per heavy atom. The summed E-state index contributed by atoms with van der Waals surface area (Å²) in [7, 11) is 0. The van der Waals surface area contributed by atoms with Crippen LogP contribution in [-0.4, -0.2) is 57.3 Å². The lowest BCUT2D eigenvalue weighted by Gasteiger charge is -2.27. The number of aliphatic hydroxyl groups excluding tert-OH is 4. The number of aliphatic hydroxyl groups is 4. The molecule has 0 aromatic rings. The molecule has 0 saturated heterocycles. The Morgan fingerprint density at radius 1 is 0.385 bits per heavy atom. The van der Waals surface area contributed by atoms with Crippen LogP contribution in [0.25, 0.3) is 0 Å². The minimum atomic E-state index is -1.26. The first kappa shape index (κ1) is 63.8. The number of nitrogens with one attached hydrogen (secondary N) is 1. The summed E-state index contributed by atoms with van der Waals surface area (Å²) in [5.41, 5.74) is 0. The van der Waals surface area contributed by atoms with Gasteiger partial charge in [0.25, 0.3) is 0 Å². The summed E-state index contributed by atoms with van der Waals surface area (Å²) >= 11 is 0. The molecule has 0 aromatic heterocycles. The fraction of sp³-hybridized carbons (Fsp3) is 0.915. The van der Waals surface area contributed by atoms with Gasteiger partial charge >= 0.3 is 0 Å². The molecule has 65 heavy (non-hydrogen) atoms. The van der Waals surface area contributed by atoms with Gasteiger partial charge in [-0.15, -0.1) is 0 Å². The van der Waals surface area contributed by atoms with Crippen LogP contribution < -0.4 is 5.32 Å². The van der Waals surface area contributed by atoms with E-state index in [1.54, 1.807) is 0 Å². The van der Waals surface area contributed by atoms with Gasteiger partial charge < -0.3 is 25.7 Å². The van der Waals surface area contributed by atoms with Crippen molar-refractivity contribution in [1.82, 2.24) is 5.32 Å². The molecule has 0 aliphatic carbocycles. The maximum Gasteiger partial charge on any atom is 0.249 e. The van der Waals surface area contributed by atoms with Gasteiger partial charge in [-0.2, -0.15) is 0 Å². The second-order valence-corrected chi connectivity index (χ2v) is 20.3. The van der Waals surface area contributed by atoms with Gasteiger partial charge in [0.2, 0.25) is 5.91 Å². The van der Waals surface area contributed by atoms with Gasteiger partial charge in [-0.25, -0.2) is 0 Å². The van der Waals surface area contributed by atoms with E-state index in [2.05, 4.69) is 43.5 Å². The van der Waals surface area contributed by atoms with Crippen LogP contribution in [-0.2, 0) is 4.79 Å². The molecule has 6 heteroatoms. The maximum atomic E-state index is 12.6. The van der Waals surface area contributed by atoms with E-state index in [0.29, 0.717) is 12.8 Å². The van der Waals surface area contributed by atoms with Crippen LogP contribution in [0.15, 0.2) is 24.3 Å². The number of rotatable bonds is 54. The second kappa shape index (κ2) is 53.7. The Balaban J connectivity index is 3.57. The molecule has 0 aliphatic rings. The van der Waals surface area contributed by atoms with Crippen molar-refractivity contribution < 1.29 is 25.2 Å². The van der Waals surface area contributed by atoms with Crippen LogP contribution in [0.2, 0.25) is 0 Å².